The molecule has 0 aliphatic rings. The first-order valence-corrected chi connectivity index (χ1v) is 7.18. The van der Waals surface area contributed by atoms with E-state index < -0.39 is 6.10 Å². The van der Waals surface area contributed by atoms with Gasteiger partial charge < -0.3 is 14.8 Å². The predicted octanol–water partition coefficient (Wildman–Crippen LogP) is 3.72. The molecule has 0 bridgehead atoms. The zero-order valence-corrected chi connectivity index (χ0v) is 13.3. The molecule has 0 aliphatic heterocycles. The van der Waals surface area contributed by atoms with Crippen LogP contribution < -0.4 is 14.8 Å². The Morgan fingerprint density at radius 2 is 1.82 bits per heavy atom. The zero-order valence-electron chi connectivity index (χ0n) is 13.3. The summed E-state index contributed by atoms with van der Waals surface area (Å²) in [6.45, 7) is 5.78. The Hall–Kier alpha value is -2.49. The highest BCUT2D eigenvalue weighted by atomic mass is 16.5. The maximum Gasteiger partial charge on any atom is 0.265 e. The summed E-state index contributed by atoms with van der Waals surface area (Å²) in [4.78, 5) is 12.2. The van der Waals surface area contributed by atoms with Gasteiger partial charge in [0.15, 0.2) is 6.10 Å². The second kappa shape index (κ2) is 6.98. The third-order valence-corrected chi connectivity index (χ3v) is 3.50. The minimum atomic E-state index is -0.590. The van der Waals surface area contributed by atoms with Crippen molar-refractivity contribution in [2.24, 2.45) is 0 Å². The molecule has 1 N–H and O–H groups in total. The van der Waals surface area contributed by atoms with Crippen molar-refractivity contribution in [1.29, 1.82) is 0 Å². The number of hydrogen-bond acceptors (Lipinski definition) is 3. The summed E-state index contributed by atoms with van der Waals surface area (Å²) in [6, 6.07) is 13.0. The van der Waals surface area contributed by atoms with Crippen LogP contribution in [0.2, 0.25) is 0 Å². The number of methoxy groups -OCH3 is 1. The van der Waals surface area contributed by atoms with Crippen LogP contribution in [0.5, 0.6) is 11.5 Å². The second-order valence-electron chi connectivity index (χ2n) is 5.23. The smallest absolute Gasteiger partial charge is 0.265 e. The van der Waals surface area contributed by atoms with E-state index >= 15 is 0 Å². The molecule has 116 valence electrons. The largest absolute Gasteiger partial charge is 0.497 e. The first kappa shape index (κ1) is 15.9. The van der Waals surface area contributed by atoms with Crippen LogP contribution in [0.3, 0.4) is 0 Å². The van der Waals surface area contributed by atoms with Crippen LogP contribution >= 0.6 is 0 Å². The van der Waals surface area contributed by atoms with Crippen molar-refractivity contribution in [3.63, 3.8) is 0 Å². The van der Waals surface area contributed by atoms with Gasteiger partial charge in [-0.3, -0.25) is 4.79 Å². The zero-order chi connectivity index (χ0) is 16.1. The highest BCUT2D eigenvalue weighted by Gasteiger charge is 2.15. The Morgan fingerprint density at radius 1 is 1.05 bits per heavy atom. The fraction of sp³-hybridized carbons (Fsp3) is 0.278. The Bertz CT molecular complexity index is 667. The number of anilines is 1. The number of amides is 1. The van der Waals surface area contributed by atoms with Gasteiger partial charge in [-0.2, -0.15) is 0 Å². The minimum absolute atomic E-state index is 0.202. The number of aryl methyl sites for hydroxylation is 2. The Kier molecular flexibility index (Phi) is 5.04. The number of ether oxygens (including phenoxy) is 2. The lowest BCUT2D eigenvalue weighted by atomic mass is 10.1. The lowest BCUT2D eigenvalue weighted by molar-refractivity contribution is -0.122. The molecule has 2 aromatic rings. The van der Waals surface area contributed by atoms with Gasteiger partial charge in [-0.15, -0.1) is 0 Å². The highest BCUT2D eigenvalue weighted by molar-refractivity contribution is 5.94. The molecule has 4 heteroatoms. The van der Waals surface area contributed by atoms with Gasteiger partial charge in [0, 0.05) is 11.8 Å². The van der Waals surface area contributed by atoms with E-state index in [0.717, 1.165) is 5.56 Å². The summed E-state index contributed by atoms with van der Waals surface area (Å²) in [5.41, 5.74) is 3.01. The van der Waals surface area contributed by atoms with Crippen molar-refractivity contribution < 1.29 is 14.3 Å². The predicted molar refractivity (Wildman–Crippen MR) is 87.6 cm³/mol. The summed E-state index contributed by atoms with van der Waals surface area (Å²) in [6.07, 6.45) is -0.590. The van der Waals surface area contributed by atoms with Crippen LogP contribution in [0.15, 0.2) is 42.5 Å². The number of hydrogen-bond donors (Lipinski definition) is 1. The van der Waals surface area contributed by atoms with Gasteiger partial charge >= 0.3 is 0 Å². The monoisotopic (exact) mass is 299 g/mol. The fourth-order valence-electron chi connectivity index (χ4n) is 1.99. The summed E-state index contributed by atoms with van der Waals surface area (Å²) < 4.78 is 10.8. The molecule has 22 heavy (non-hydrogen) atoms. The van der Waals surface area contributed by atoms with Crippen molar-refractivity contribution in [1.82, 2.24) is 0 Å². The maximum atomic E-state index is 12.2. The number of rotatable bonds is 5. The van der Waals surface area contributed by atoms with E-state index in [1.807, 2.05) is 50.2 Å². The number of nitrogens with one attached hydrogen (secondary N) is 1. The SMILES string of the molecule is COc1cccc(NC(=O)C(C)Oc2ccc(C)c(C)c2)c1. The topological polar surface area (TPSA) is 47.6 Å². The first-order chi connectivity index (χ1) is 10.5. The normalized spacial score (nSPS) is 11.6. The third kappa shape index (κ3) is 4.01. The average Bonchev–Trinajstić information content (AvgIpc) is 2.51. The highest BCUT2D eigenvalue weighted by Crippen LogP contribution is 2.19. The molecule has 1 amide bonds. The quantitative estimate of drug-likeness (QED) is 0.915. The van der Waals surface area contributed by atoms with Gasteiger partial charge in [-0.05, 0) is 56.2 Å². The maximum absolute atomic E-state index is 12.2. The second-order valence-corrected chi connectivity index (χ2v) is 5.23. The molecule has 0 saturated carbocycles. The summed E-state index contributed by atoms with van der Waals surface area (Å²) in [5, 5.41) is 2.82. The summed E-state index contributed by atoms with van der Waals surface area (Å²) in [7, 11) is 1.59. The first-order valence-electron chi connectivity index (χ1n) is 7.18. The number of carbonyl (C=O) groups is 1. The van der Waals surface area contributed by atoms with E-state index in [1.54, 1.807) is 20.1 Å². The van der Waals surface area contributed by atoms with Crippen LogP contribution in [-0.4, -0.2) is 19.1 Å². The van der Waals surface area contributed by atoms with Crippen molar-refractivity contribution >= 4 is 11.6 Å². The standard InChI is InChI=1S/C18H21NO3/c1-12-8-9-17(10-13(12)2)22-14(3)18(20)19-15-6-5-7-16(11-15)21-4/h5-11,14H,1-4H3,(H,19,20). The van der Waals surface area contributed by atoms with Crippen molar-refractivity contribution in [2.75, 3.05) is 12.4 Å². The summed E-state index contributed by atoms with van der Waals surface area (Å²) in [5.74, 6) is 1.18. The molecule has 0 saturated heterocycles. The van der Waals surface area contributed by atoms with Gasteiger partial charge in [0.05, 0.1) is 7.11 Å². The van der Waals surface area contributed by atoms with Crippen LogP contribution in [0.25, 0.3) is 0 Å². The molecule has 1 unspecified atom stereocenters. The van der Waals surface area contributed by atoms with E-state index in [-0.39, 0.29) is 5.91 Å². The molecule has 0 spiro atoms. The van der Waals surface area contributed by atoms with Crippen LogP contribution in [0, 0.1) is 13.8 Å². The molecule has 0 aromatic heterocycles. The number of carbonyl (C=O) groups excluding carboxylic acids is 1. The molecule has 0 heterocycles. The minimum Gasteiger partial charge on any atom is -0.497 e. The lowest BCUT2D eigenvalue weighted by Crippen LogP contribution is -2.30. The lowest BCUT2D eigenvalue weighted by Gasteiger charge is -2.16. The van der Waals surface area contributed by atoms with Crippen LogP contribution in [-0.2, 0) is 4.79 Å². The van der Waals surface area contributed by atoms with Gasteiger partial charge in [0.1, 0.15) is 11.5 Å². The molecular formula is C18H21NO3. The van der Waals surface area contributed by atoms with Crippen molar-refractivity contribution in [2.45, 2.75) is 26.9 Å². The van der Waals surface area contributed by atoms with E-state index in [2.05, 4.69) is 5.32 Å². The van der Waals surface area contributed by atoms with Crippen molar-refractivity contribution in [3.05, 3.63) is 53.6 Å². The molecule has 0 radical (unpaired) electrons. The van der Waals surface area contributed by atoms with Gasteiger partial charge in [-0.25, -0.2) is 0 Å². The van der Waals surface area contributed by atoms with Crippen molar-refractivity contribution in [3.8, 4) is 11.5 Å². The number of benzene rings is 2. The molecule has 0 aliphatic carbocycles. The van der Waals surface area contributed by atoms with Crippen LogP contribution in [0.1, 0.15) is 18.1 Å². The van der Waals surface area contributed by atoms with E-state index in [0.29, 0.717) is 17.2 Å². The average molecular weight is 299 g/mol. The third-order valence-electron chi connectivity index (χ3n) is 3.50. The molecule has 1 atom stereocenters. The molecule has 0 fully saturated rings. The van der Waals surface area contributed by atoms with E-state index in [4.69, 9.17) is 9.47 Å². The Labute approximate surface area is 131 Å². The van der Waals surface area contributed by atoms with Gasteiger partial charge in [-0.1, -0.05) is 12.1 Å². The molecule has 4 nitrogen and oxygen atoms in total. The molecular weight excluding hydrogens is 278 g/mol. The van der Waals surface area contributed by atoms with Crippen LogP contribution in [0.4, 0.5) is 5.69 Å². The Morgan fingerprint density at radius 3 is 2.50 bits per heavy atom. The van der Waals surface area contributed by atoms with Gasteiger partial charge in [0.25, 0.3) is 5.91 Å². The van der Waals surface area contributed by atoms with E-state index in [1.165, 1.54) is 5.56 Å². The fourth-order valence-corrected chi connectivity index (χ4v) is 1.99. The molecule has 2 rings (SSSR count). The summed E-state index contributed by atoms with van der Waals surface area (Å²) >= 11 is 0. The van der Waals surface area contributed by atoms with E-state index in [9.17, 15) is 4.79 Å². The van der Waals surface area contributed by atoms with Gasteiger partial charge in [0.2, 0.25) is 0 Å². The molecule has 2 aromatic carbocycles. The Balaban J connectivity index is 2.00.